The van der Waals surface area contributed by atoms with Crippen molar-refractivity contribution in [2.75, 3.05) is 11.9 Å². The fourth-order valence-corrected chi connectivity index (χ4v) is 3.73. The Labute approximate surface area is 160 Å². The van der Waals surface area contributed by atoms with Gasteiger partial charge in [-0.25, -0.2) is 14.1 Å². The first kappa shape index (κ1) is 19.3. The van der Waals surface area contributed by atoms with E-state index in [1.807, 2.05) is 6.92 Å². The summed E-state index contributed by atoms with van der Waals surface area (Å²) >= 11 is 5.77. The lowest BCUT2D eigenvalue weighted by Gasteiger charge is -2.34. The molecule has 1 aromatic carbocycles. The van der Waals surface area contributed by atoms with Crippen molar-refractivity contribution in [1.29, 1.82) is 0 Å². The van der Waals surface area contributed by atoms with Crippen LogP contribution in [0, 0.1) is 11.7 Å². The molecule has 3 rings (SSSR count). The van der Waals surface area contributed by atoms with Gasteiger partial charge in [-0.3, -0.25) is 19.3 Å². The summed E-state index contributed by atoms with van der Waals surface area (Å²) in [7, 11) is 0. The van der Waals surface area contributed by atoms with Gasteiger partial charge in [0.25, 0.3) is 0 Å². The summed E-state index contributed by atoms with van der Waals surface area (Å²) in [5, 5.41) is 2.48. The Morgan fingerprint density at radius 3 is 2.63 bits per heavy atom. The number of rotatable bonds is 4. The van der Waals surface area contributed by atoms with E-state index in [2.05, 4.69) is 5.32 Å². The molecule has 1 saturated carbocycles. The molecule has 27 heavy (non-hydrogen) atoms. The monoisotopic (exact) mass is 395 g/mol. The van der Waals surface area contributed by atoms with Crippen LogP contribution in [0.3, 0.4) is 0 Å². The zero-order valence-corrected chi connectivity index (χ0v) is 15.5. The van der Waals surface area contributed by atoms with Crippen LogP contribution in [0.1, 0.15) is 32.6 Å². The third-order valence-corrected chi connectivity index (χ3v) is 5.22. The van der Waals surface area contributed by atoms with Gasteiger partial charge in [0, 0.05) is 11.1 Å². The number of hydrogen-bond donors (Lipinski definition) is 1. The second kappa shape index (κ2) is 7.64. The highest BCUT2D eigenvalue weighted by molar-refractivity contribution is 6.45. The number of nitrogens with zero attached hydrogens (tertiary/aromatic N) is 2. The van der Waals surface area contributed by atoms with E-state index in [9.17, 15) is 23.6 Å². The molecule has 1 saturated heterocycles. The van der Waals surface area contributed by atoms with Gasteiger partial charge in [0.15, 0.2) is 0 Å². The molecule has 2 fully saturated rings. The molecule has 2 atom stereocenters. The number of amides is 5. The predicted molar refractivity (Wildman–Crippen MR) is 95.4 cm³/mol. The largest absolute Gasteiger partial charge is 0.334 e. The first-order valence-electron chi connectivity index (χ1n) is 8.73. The van der Waals surface area contributed by atoms with Crippen LogP contribution < -0.4 is 5.32 Å². The van der Waals surface area contributed by atoms with E-state index in [4.69, 9.17) is 11.6 Å². The second-order valence-electron chi connectivity index (χ2n) is 6.85. The van der Waals surface area contributed by atoms with Crippen LogP contribution in [0.4, 0.5) is 14.9 Å². The van der Waals surface area contributed by atoms with Crippen molar-refractivity contribution in [2.45, 2.75) is 38.6 Å². The van der Waals surface area contributed by atoms with Crippen molar-refractivity contribution < 1.29 is 23.6 Å². The summed E-state index contributed by atoms with van der Waals surface area (Å²) in [4.78, 5) is 50.9. The van der Waals surface area contributed by atoms with E-state index in [0.29, 0.717) is 11.3 Å². The van der Waals surface area contributed by atoms with Crippen LogP contribution >= 0.6 is 11.6 Å². The van der Waals surface area contributed by atoms with E-state index in [0.717, 1.165) is 30.2 Å². The normalized spacial score (nSPS) is 23.1. The molecule has 0 aromatic heterocycles. The number of imide groups is 2. The summed E-state index contributed by atoms with van der Waals surface area (Å²) in [5.41, 5.74) is -0.171. The van der Waals surface area contributed by atoms with Crippen molar-refractivity contribution in [1.82, 2.24) is 9.80 Å². The number of anilines is 1. The standard InChI is InChI=1S/C18H19ClFN3O4/c1-10-4-2-3-5-14(10)23-17(26)16(25)22(18(23)27)9-15(24)21-13-8-11(19)6-7-12(13)20/h6-8,10,14H,2-5,9H2,1H3,(H,21,24)/t10-,14+/m1/s1. The number of benzene rings is 1. The average molecular weight is 396 g/mol. The summed E-state index contributed by atoms with van der Waals surface area (Å²) in [6.45, 7) is 1.26. The smallest absolute Gasteiger partial charge is 0.322 e. The Kier molecular flexibility index (Phi) is 5.46. The molecule has 1 N–H and O–H groups in total. The topological polar surface area (TPSA) is 86.8 Å². The third kappa shape index (κ3) is 3.80. The number of nitrogens with one attached hydrogen (secondary N) is 1. The summed E-state index contributed by atoms with van der Waals surface area (Å²) in [5.74, 6) is -3.38. The van der Waals surface area contributed by atoms with Gasteiger partial charge in [-0.05, 0) is 37.0 Å². The van der Waals surface area contributed by atoms with Gasteiger partial charge in [0.05, 0.1) is 5.69 Å². The predicted octanol–water partition coefficient (Wildman–Crippen LogP) is 2.79. The Balaban J connectivity index is 1.72. The minimum absolute atomic E-state index is 0.0915. The van der Waals surface area contributed by atoms with Crippen LogP contribution in [0.5, 0.6) is 0 Å². The van der Waals surface area contributed by atoms with Gasteiger partial charge in [0.2, 0.25) is 5.91 Å². The molecule has 5 amide bonds. The molecule has 144 valence electrons. The maximum atomic E-state index is 13.7. The molecular weight excluding hydrogens is 377 g/mol. The lowest BCUT2D eigenvalue weighted by molar-refractivity contribution is -0.145. The van der Waals surface area contributed by atoms with Crippen LogP contribution in [0.2, 0.25) is 5.02 Å². The fraction of sp³-hybridized carbons (Fsp3) is 0.444. The number of halogens is 2. The van der Waals surface area contributed by atoms with Crippen LogP contribution in [0.25, 0.3) is 0 Å². The lowest BCUT2D eigenvalue weighted by atomic mass is 9.85. The van der Waals surface area contributed by atoms with Gasteiger partial charge in [-0.2, -0.15) is 0 Å². The van der Waals surface area contributed by atoms with E-state index in [1.54, 1.807) is 0 Å². The molecule has 2 aliphatic rings. The van der Waals surface area contributed by atoms with Crippen LogP contribution in [0.15, 0.2) is 18.2 Å². The van der Waals surface area contributed by atoms with E-state index < -0.39 is 36.1 Å². The van der Waals surface area contributed by atoms with Crippen molar-refractivity contribution in [3.63, 3.8) is 0 Å². The molecular formula is C18H19ClFN3O4. The first-order chi connectivity index (χ1) is 12.8. The zero-order chi connectivity index (χ0) is 19.7. The van der Waals surface area contributed by atoms with Gasteiger partial charge in [0.1, 0.15) is 12.4 Å². The van der Waals surface area contributed by atoms with Crippen molar-refractivity contribution in [3.05, 3.63) is 29.0 Å². The molecule has 0 spiro atoms. The summed E-state index contributed by atoms with van der Waals surface area (Å²) in [6.07, 6.45) is 3.39. The highest BCUT2D eigenvalue weighted by atomic mass is 35.5. The highest BCUT2D eigenvalue weighted by Crippen LogP contribution is 2.31. The first-order valence-corrected chi connectivity index (χ1v) is 9.11. The lowest BCUT2D eigenvalue weighted by Crippen LogP contribution is -2.46. The second-order valence-corrected chi connectivity index (χ2v) is 7.29. The van der Waals surface area contributed by atoms with Crippen LogP contribution in [-0.4, -0.2) is 46.1 Å². The van der Waals surface area contributed by atoms with E-state index >= 15 is 0 Å². The SMILES string of the molecule is C[C@@H]1CCCC[C@@H]1N1C(=O)C(=O)N(CC(=O)Nc2cc(Cl)ccc2F)C1=O. The summed E-state index contributed by atoms with van der Waals surface area (Å²) < 4.78 is 13.7. The Morgan fingerprint density at radius 2 is 1.93 bits per heavy atom. The Hall–Kier alpha value is -2.48. The highest BCUT2D eigenvalue weighted by Gasteiger charge is 2.49. The Bertz CT molecular complexity index is 816. The molecule has 0 bridgehead atoms. The minimum atomic E-state index is -1.04. The molecule has 7 nitrogen and oxygen atoms in total. The number of carbonyl (C=O) groups excluding carboxylic acids is 4. The van der Waals surface area contributed by atoms with Gasteiger partial charge in [-0.1, -0.05) is 31.4 Å². The minimum Gasteiger partial charge on any atom is -0.322 e. The fourth-order valence-electron chi connectivity index (χ4n) is 3.56. The maximum absolute atomic E-state index is 13.7. The molecule has 0 radical (unpaired) electrons. The van der Waals surface area contributed by atoms with Crippen LogP contribution in [-0.2, 0) is 14.4 Å². The van der Waals surface area contributed by atoms with Crippen molar-refractivity contribution in [3.8, 4) is 0 Å². The van der Waals surface area contributed by atoms with E-state index in [-0.39, 0.29) is 22.7 Å². The molecule has 9 heteroatoms. The van der Waals surface area contributed by atoms with E-state index in [1.165, 1.54) is 12.1 Å². The zero-order valence-electron chi connectivity index (χ0n) is 14.7. The number of carbonyl (C=O) groups is 4. The molecule has 1 aliphatic carbocycles. The Morgan fingerprint density at radius 1 is 1.22 bits per heavy atom. The van der Waals surface area contributed by atoms with Gasteiger partial charge < -0.3 is 5.32 Å². The van der Waals surface area contributed by atoms with Gasteiger partial charge in [-0.15, -0.1) is 0 Å². The molecule has 0 unspecified atom stereocenters. The average Bonchev–Trinajstić information content (AvgIpc) is 2.82. The molecule has 1 aliphatic heterocycles. The molecule has 1 heterocycles. The quantitative estimate of drug-likeness (QED) is 0.627. The molecule has 1 aromatic rings. The third-order valence-electron chi connectivity index (χ3n) is 4.99. The van der Waals surface area contributed by atoms with Crippen molar-refractivity contribution in [2.24, 2.45) is 5.92 Å². The van der Waals surface area contributed by atoms with Crippen molar-refractivity contribution >= 4 is 41.0 Å². The maximum Gasteiger partial charge on any atom is 0.334 e. The van der Waals surface area contributed by atoms with Gasteiger partial charge >= 0.3 is 17.8 Å². The summed E-state index contributed by atoms with van der Waals surface area (Å²) in [6, 6.07) is 2.47. The number of hydrogen-bond acceptors (Lipinski definition) is 4. The number of urea groups is 1.